The zero-order valence-corrected chi connectivity index (χ0v) is 18.2. The van der Waals surface area contributed by atoms with Crippen LogP contribution < -0.4 is 5.32 Å². The van der Waals surface area contributed by atoms with E-state index in [1.807, 2.05) is 60.5 Å². The van der Waals surface area contributed by atoms with Crippen molar-refractivity contribution in [3.8, 4) is 22.8 Å². The van der Waals surface area contributed by atoms with Gasteiger partial charge in [-0.1, -0.05) is 42.0 Å². The van der Waals surface area contributed by atoms with E-state index in [4.69, 9.17) is 4.42 Å². The lowest BCUT2D eigenvalue weighted by Crippen LogP contribution is -2.42. The first kappa shape index (κ1) is 22.1. The van der Waals surface area contributed by atoms with E-state index in [0.717, 1.165) is 43.6 Å². The van der Waals surface area contributed by atoms with Crippen LogP contribution in [-0.4, -0.2) is 42.5 Å². The molecule has 1 N–H and O–H groups in total. The summed E-state index contributed by atoms with van der Waals surface area (Å²) in [7, 11) is 1.96. The minimum Gasteiger partial charge on any atom is -0.436 e. The summed E-state index contributed by atoms with van der Waals surface area (Å²) in [5.74, 6) is 1.74. The monoisotopic (exact) mass is 425 g/mol. The van der Waals surface area contributed by atoms with Crippen molar-refractivity contribution >= 4 is 18.3 Å². The number of halogens is 1. The normalized spacial score (nSPS) is 16.2. The first-order valence-corrected chi connectivity index (χ1v) is 10.2. The number of nitrogens with zero attached hydrogens (tertiary/aromatic N) is 2. The molecule has 1 aromatic heterocycles. The second-order valence-electron chi connectivity index (χ2n) is 7.76. The minimum atomic E-state index is 0. The zero-order valence-electron chi connectivity index (χ0n) is 17.4. The van der Waals surface area contributed by atoms with Crippen LogP contribution in [0.3, 0.4) is 0 Å². The smallest absolute Gasteiger partial charge is 0.254 e. The topological polar surface area (TPSA) is 58.4 Å². The molecule has 0 saturated carbocycles. The number of benzene rings is 2. The van der Waals surface area contributed by atoms with Gasteiger partial charge >= 0.3 is 0 Å². The number of likely N-dealkylation sites (tertiary alicyclic amines) is 1. The molecule has 1 saturated heterocycles. The van der Waals surface area contributed by atoms with Gasteiger partial charge in [0.15, 0.2) is 5.76 Å². The highest BCUT2D eigenvalue weighted by molar-refractivity contribution is 6.00. The Kier molecular flexibility index (Phi) is 7.29. The van der Waals surface area contributed by atoms with E-state index in [-0.39, 0.29) is 18.3 Å². The number of amides is 1. The highest BCUT2D eigenvalue weighted by Crippen LogP contribution is 2.30. The van der Waals surface area contributed by atoms with Crippen LogP contribution in [0.2, 0.25) is 0 Å². The van der Waals surface area contributed by atoms with Crippen LogP contribution in [0, 0.1) is 12.8 Å². The fourth-order valence-corrected chi connectivity index (χ4v) is 3.98. The number of rotatable bonds is 5. The molecule has 1 atom stereocenters. The molecule has 6 heteroatoms. The average Bonchev–Trinajstić information content (AvgIpc) is 3.24. The maximum absolute atomic E-state index is 13.3. The van der Waals surface area contributed by atoms with Gasteiger partial charge in [0.1, 0.15) is 0 Å². The lowest BCUT2D eigenvalue weighted by molar-refractivity contribution is 0.0675. The van der Waals surface area contributed by atoms with Gasteiger partial charge in [0.05, 0.1) is 11.8 Å². The number of piperidine rings is 1. The summed E-state index contributed by atoms with van der Waals surface area (Å²) in [6.07, 6.45) is 3.92. The van der Waals surface area contributed by atoms with E-state index in [1.54, 1.807) is 6.20 Å². The van der Waals surface area contributed by atoms with Crippen LogP contribution in [-0.2, 0) is 0 Å². The first-order chi connectivity index (χ1) is 14.2. The van der Waals surface area contributed by atoms with Crippen molar-refractivity contribution in [1.82, 2.24) is 15.2 Å². The van der Waals surface area contributed by atoms with Gasteiger partial charge in [0.2, 0.25) is 5.89 Å². The van der Waals surface area contributed by atoms with E-state index in [2.05, 4.69) is 17.2 Å². The molecule has 1 aliphatic heterocycles. The Labute approximate surface area is 183 Å². The summed E-state index contributed by atoms with van der Waals surface area (Å²) in [5.41, 5.74) is 3.56. The van der Waals surface area contributed by atoms with Gasteiger partial charge in [0, 0.05) is 24.2 Å². The van der Waals surface area contributed by atoms with Crippen LogP contribution >= 0.6 is 12.4 Å². The predicted molar refractivity (Wildman–Crippen MR) is 122 cm³/mol. The fourth-order valence-electron chi connectivity index (χ4n) is 3.98. The van der Waals surface area contributed by atoms with Crippen molar-refractivity contribution in [2.24, 2.45) is 5.92 Å². The molecule has 4 rings (SSSR count). The SMILES string of the molecule is CNCC1CCCN(C(=O)c2ccccc2-c2ncc(-c3ccc(C)cc3)o2)C1.Cl. The van der Waals surface area contributed by atoms with Gasteiger partial charge in [-0.15, -0.1) is 12.4 Å². The Morgan fingerprint density at radius 1 is 1.20 bits per heavy atom. The fraction of sp³-hybridized carbons (Fsp3) is 0.333. The summed E-state index contributed by atoms with van der Waals surface area (Å²) >= 11 is 0. The molecule has 1 aliphatic rings. The molecule has 3 aromatic rings. The van der Waals surface area contributed by atoms with E-state index in [0.29, 0.717) is 23.1 Å². The number of hydrogen-bond acceptors (Lipinski definition) is 4. The van der Waals surface area contributed by atoms with Crippen LogP contribution in [0.4, 0.5) is 0 Å². The highest BCUT2D eigenvalue weighted by Gasteiger charge is 2.26. The van der Waals surface area contributed by atoms with Crippen molar-refractivity contribution < 1.29 is 9.21 Å². The molecule has 0 aliphatic carbocycles. The molecule has 1 unspecified atom stereocenters. The van der Waals surface area contributed by atoms with Gasteiger partial charge in [-0.2, -0.15) is 0 Å². The number of carbonyl (C=O) groups is 1. The number of oxazole rings is 1. The van der Waals surface area contributed by atoms with Crippen molar-refractivity contribution in [1.29, 1.82) is 0 Å². The molecule has 5 nitrogen and oxygen atoms in total. The molecular weight excluding hydrogens is 398 g/mol. The summed E-state index contributed by atoms with van der Waals surface area (Å²) in [6, 6.07) is 15.7. The third-order valence-corrected chi connectivity index (χ3v) is 5.53. The van der Waals surface area contributed by atoms with Crippen LogP contribution in [0.15, 0.2) is 59.1 Å². The predicted octanol–water partition coefficient (Wildman–Crippen LogP) is 4.81. The van der Waals surface area contributed by atoms with E-state index in [9.17, 15) is 4.79 Å². The summed E-state index contributed by atoms with van der Waals surface area (Å²) < 4.78 is 6.04. The van der Waals surface area contributed by atoms with Crippen molar-refractivity contribution in [3.63, 3.8) is 0 Å². The van der Waals surface area contributed by atoms with E-state index in [1.165, 1.54) is 5.56 Å². The Hall–Kier alpha value is -2.63. The third-order valence-electron chi connectivity index (χ3n) is 5.53. The molecule has 2 heterocycles. The van der Waals surface area contributed by atoms with Gasteiger partial charge < -0.3 is 14.6 Å². The van der Waals surface area contributed by atoms with Crippen LogP contribution in [0.25, 0.3) is 22.8 Å². The lowest BCUT2D eigenvalue weighted by atomic mass is 9.96. The Balaban J connectivity index is 0.00000256. The number of nitrogens with one attached hydrogen (secondary N) is 1. The number of aromatic nitrogens is 1. The second-order valence-corrected chi connectivity index (χ2v) is 7.76. The molecule has 1 amide bonds. The van der Waals surface area contributed by atoms with Crippen LogP contribution in [0.5, 0.6) is 0 Å². The van der Waals surface area contributed by atoms with Gasteiger partial charge in [-0.3, -0.25) is 4.79 Å². The molecular formula is C24H28ClN3O2. The van der Waals surface area contributed by atoms with Gasteiger partial charge in [-0.25, -0.2) is 4.98 Å². The number of aryl methyl sites for hydroxylation is 1. The maximum Gasteiger partial charge on any atom is 0.254 e. The largest absolute Gasteiger partial charge is 0.436 e. The van der Waals surface area contributed by atoms with Crippen LogP contribution in [0.1, 0.15) is 28.8 Å². The molecule has 158 valence electrons. The highest BCUT2D eigenvalue weighted by atomic mass is 35.5. The molecule has 30 heavy (non-hydrogen) atoms. The number of hydrogen-bond donors (Lipinski definition) is 1. The summed E-state index contributed by atoms with van der Waals surface area (Å²) in [6.45, 7) is 4.58. The Bertz CT molecular complexity index is 982. The molecule has 0 bridgehead atoms. The number of carbonyl (C=O) groups excluding carboxylic acids is 1. The van der Waals surface area contributed by atoms with E-state index >= 15 is 0 Å². The average molecular weight is 426 g/mol. The van der Waals surface area contributed by atoms with Gasteiger partial charge in [0.25, 0.3) is 5.91 Å². The third kappa shape index (κ3) is 4.74. The zero-order chi connectivity index (χ0) is 20.2. The van der Waals surface area contributed by atoms with Crippen molar-refractivity contribution in [2.75, 3.05) is 26.7 Å². The van der Waals surface area contributed by atoms with Crippen molar-refractivity contribution in [3.05, 3.63) is 65.9 Å². The summed E-state index contributed by atoms with van der Waals surface area (Å²) in [5, 5.41) is 3.23. The maximum atomic E-state index is 13.3. The quantitative estimate of drug-likeness (QED) is 0.637. The standard InChI is InChI=1S/C24H27N3O2.ClH/c1-17-9-11-19(12-10-17)22-15-26-23(29-22)20-7-3-4-8-21(20)24(28)27-13-5-6-18(16-27)14-25-2;/h3-4,7-12,15,18,25H,5-6,13-14,16H2,1-2H3;1H. The summed E-state index contributed by atoms with van der Waals surface area (Å²) in [4.78, 5) is 19.7. The molecule has 1 fully saturated rings. The van der Waals surface area contributed by atoms with Crippen molar-refractivity contribution in [2.45, 2.75) is 19.8 Å². The Morgan fingerprint density at radius 2 is 1.97 bits per heavy atom. The lowest BCUT2D eigenvalue weighted by Gasteiger charge is -2.33. The Morgan fingerprint density at radius 3 is 2.73 bits per heavy atom. The second kappa shape index (κ2) is 9.92. The molecule has 0 radical (unpaired) electrons. The van der Waals surface area contributed by atoms with E-state index < -0.39 is 0 Å². The molecule has 0 spiro atoms. The molecule has 2 aromatic carbocycles. The minimum absolute atomic E-state index is 0. The van der Waals surface area contributed by atoms with Gasteiger partial charge in [-0.05, 0) is 51.4 Å². The first-order valence-electron chi connectivity index (χ1n) is 10.2.